The lowest BCUT2D eigenvalue weighted by atomic mass is 10.1. The van der Waals surface area contributed by atoms with Crippen molar-refractivity contribution in [3.8, 4) is 11.5 Å². The molecule has 1 heterocycles. The zero-order valence-electron chi connectivity index (χ0n) is 13.8. The average Bonchev–Trinajstić information content (AvgIpc) is 3.10. The van der Waals surface area contributed by atoms with Gasteiger partial charge < -0.3 is 4.42 Å². The van der Waals surface area contributed by atoms with E-state index in [2.05, 4.69) is 10.2 Å². The predicted molar refractivity (Wildman–Crippen MR) is 98.8 cm³/mol. The van der Waals surface area contributed by atoms with Gasteiger partial charge in [0.15, 0.2) is 0 Å². The summed E-state index contributed by atoms with van der Waals surface area (Å²) >= 11 is 6.98. The van der Waals surface area contributed by atoms with Crippen LogP contribution in [0.2, 0.25) is 5.02 Å². The van der Waals surface area contributed by atoms with Crippen LogP contribution >= 0.6 is 23.4 Å². The molecule has 0 saturated carbocycles. The second-order valence-corrected chi connectivity index (χ2v) is 6.79. The van der Waals surface area contributed by atoms with Crippen LogP contribution in [-0.2, 0) is 5.75 Å². The Morgan fingerprint density at radius 2 is 1.81 bits per heavy atom. The Morgan fingerprint density at radius 3 is 2.44 bits per heavy atom. The smallest absolute Gasteiger partial charge is 0.279 e. The van der Waals surface area contributed by atoms with Crippen molar-refractivity contribution >= 4 is 34.7 Å². The van der Waals surface area contributed by atoms with Crippen molar-refractivity contribution in [1.29, 1.82) is 0 Å². The van der Waals surface area contributed by atoms with Gasteiger partial charge in [-0.15, -0.1) is 10.2 Å². The van der Waals surface area contributed by atoms with Crippen LogP contribution in [0.15, 0.2) is 46.0 Å². The normalized spacial score (nSPS) is 10.7. The highest BCUT2D eigenvalue weighted by atomic mass is 35.5. The molecule has 0 fully saturated rings. The number of thioether (sulfide) groups is 1. The second kappa shape index (κ2) is 7.72. The Bertz CT molecular complexity index is 1020. The number of hydrogen-bond acceptors (Lipinski definition) is 8. The predicted octanol–water partition coefficient (Wildman–Crippen LogP) is 4.81. The molecule has 2 aromatic carbocycles. The molecule has 3 aromatic rings. The second-order valence-electron chi connectivity index (χ2n) is 5.43. The number of aromatic nitrogens is 2. The van der Waals surface area contributed by atoms with Crippen molar-refractivity contribution in [1.82, 2.24) is 10.2 Å². The number of hydrogen-bond donors (Lipinski definition) is 0. The molecule has 0 radical (unpaired) electrons. The quantitative estimate of drug-likeness (QED) is 0.324. The summed E-state index contributed by atoms with van der Waals surface area (Å²) < 4.78 is 5.56. The molecule has 11 heteroatoms. The molecule has 0 bridgehead atoms. The third-order valence-corrected chi connectivity index (χ3v) is 4.85. The first kappa shape index (κ1) is 18.8. The first-order chi connectivity index (χ1) is 12.8. The lowest BCUT2D eigenvalue weighted by Crippen LogP contribution is -1.99. The van der Waals surface area contributed by atoms with Crippen LogP contribution in [0.5, 0.6) is 0 Å². The van der Waals surface area contributed by atoms with Crippen LogP contribution in [-0.4, -0.2) is 20.0 Å². The maximum Gasteiger partial charge on any atom is 0.279 e. The van der Waals surface area contributed by atoms with Crippen molar-refractivity contribution in [3.63, 3.8) is 0 Å². The summed E-state index contributed by atoms with van der Waals surface area (Å²) in [4.78, 5) is 20.9. The highest BCUT2D eigenvalue weighted by Gasteiger charge is 2.22. The number of benzene rings is 2. The monoisotopic (exact) mass is 406 g/mol. The lowest BCUT2D eigenvalue weighted by molar-refractivity contribution is -0.394. The minimum Gasteiger partial charge on any atom is -0.411 e. The zero-order valence-corrected chi connectivity index (χ0v) is 15.4. The largest absolute Gasteiger partial charge is 0.411 e. The summed E-state index contributed by atoms with van der Waals surface area (Å²) in [5, 5.41) is 30.8. The van der Waals surface area contributed by atoms with Gasteiger partial charge in [0.1, 0.15) is 0 Å². The first-order valence-electron chi connectivity index (χ1n) is 7.49. The summed E-state index contributed by atoms with van der Waals surface area (Å²) in [5.74, 6) is 0.507. The molecule has 0 atom stereocenters. The first-order valence-corrected chi connectivity index (χ1v) is 8.86. The molecule has 0 aliphatic heterocycles. The van der Waals surface area contributed by atoms with E-state index in [0.29, 0.717) is 27.6 Å². The van der Waals surface area contributed by atoms with E-state index in [1.807, 2.05) is 0 Å². The Morgan fingerprint density at radius 1 is 1.11 bits per heavy atom. The van der Waals surface area contributed by atoms with Crippen LogP contribution in [0.4, 0.5) is 11.4 Å². The average molecular weight is 407 g/mol. The van der Waals surface area contributed by atoms with Gasteiger partial charge in [-0.1, -0.05) is 23.4 Å². The minimum absolute atomic E-state index is 0.205. The maximum atomic E-state index is 11.1. The third kappa shape index (κ3) is 4.23. The molecule has 0 N–H and O–H groups in total. The Labute approximate surface area is 161 Å². The SMILES string of the molecule is Cc1c(CSc2nnc(-c3ccc(Cl)cc3)o2)cc([N+](=O)[O-])cc1[N+](=O)[O-]. The topological polar surface area (TPSA) is 125 Å². The van der Waals surface area contributed by atoms with Gasteiger partial charge in [-0.2, -0.15) is 0 Å². The van der Waals surface area contributed by atoms with E-state index in [-0.39, 0.29) is 22.4 Å². The molecule has 1 aromatic heterocycles. The molecule has 0 unspecified atom stereocenters. The van der Waals surface area contributed by atoms with Crippen LogP contribution in [0.1, 0.15) is 11.1 Å². The van der Waals surface area contributed by atoms with Gasteiger partial charge in [-0.05, 0) is 36.8 Å². The molecule has 0 aliphatic rings. The van der Waals surface area contributed by atoms with Crippen molar-refractivity contribution in [2.24, 2.45) is 0 Å². The molecular formula is C16H11ClN4O5S. The van der Waals surface area contributed by atoms with Crippen LogP contribution in [0, 0.1) is 27.2 Å². The van der Waals surface area contributed by atoms with E-state index in [0.717, 1.165) is 17.8 Å². The Hall–Kier alpha value is -2.98. The highest BCUT2D eigenvalue weighted by Crippen LogP contribution is 2.32. The summed E-state index contributed by atoms with van der Waals surface area (Å²) in [6, 6.07) is 9.12. The fraction of sp³-hybridized carbons (Fsp3) is 0.125. The van der Waals surface area contributed by atoms with Gasteiger partial charge in [-0.25, -0.2) is 0 Å². The van der Waals surface area contributed by atoms with E-state index in [4.69, 9.17) is 16.0 Å². The van der Waals surface area contributed by atoms with Gasteiger partial charge >= 0.3 is 0 Å². The van der Waals surface area contributed by atoms with Crippen LogP contribution in [0.3, 0.4) is 0 Å². The van der Waals surface area contributed by atoms with Gasteiger partial charge in [0, 0.05) is 28.0 Å². The fourth-order valence-corrected chi connectivity index (χ4v) is 3.24. The highest BCUT2D eigenvalue weighted by molar-refractivity contribution is 7.98. The third-order valence-electron chi connectivity index (χ3n) is 3.73. The number of nitro groups is 2. The number of nitrogens with zero attached hydrogens (tertiary/aromatic N) is 4. The van der Waals surface area contributed by atoms with Crippen molar-refractivity contribution < 1.29 is 14.3 Å². The van der Waals surface area contributed by atoms with Gasteiger partial charge in [0.05, 0.1) is 15.9 Å². The van der Waals surface area contributed by atoms with Crippen LogP contribution < -0.4 is 0 Å². The van der Waals surface area contributed by atoms with E-state index >= 15 is 0 Å². The molecule has 9 nitrogen and oxygen atoms in total. The molecule has 0 spiro atoms. The van der Waals surface area contributed by atoms with Crippen molar-refractivity contribution in [3.05, 3.63) is 72.8 Å². The molecule has 138 valence electrons. The molecular weight excluding hydrogens is 396 g/mol. The number of rotatable bonds is 6. The number of halogens is 1. The van der Waals surface area contributed by atoms with Crippen molar-refractivity contribution in [2.45, 2.75) is 17.9 Å². The van der Waals surface area contributed by atoms with Gasteiger partial charge in [0.2, 0.25) is 5.89 Å². The summed E-state index contributed by atoms with van der Waals surface area (Å²) in [5.41, 5.74) is 0.867. The van der Waals surface area contributed by atoms with E-state index < -0.39 is 9.85 Å². The molecule has 0 aliphatic carbocycles. The molecule has 0 saturated heterocycles. The van der Waals surface area contributed by atoms with Gasteiger partial charge in [0.25, 0.3) is 16.6 Å². The standard InChI is InChI=1S/C16H11ClN4O5S/c1-9-11(6-13(20(22)23)7-14(9)21(24)25)8-27-16-19-18-15(26-16)10-2-4-12(17)5-3-10/h2-7H,8H2,1H3. The van der Waals surface area contributed by atoms with E-state index in [1.54, 1.807) is 31.2 Å². The van der Waals surface area contributed by atoms with E-state index in [9.17, 15) is 20.2 Å². The zero-order chi connectivity index (χ0) is 19.6. The van der Waals surface area contributed by atoms with Crippen molar-refractivity contribution in [2.75, 3.05) is 0 Å². The summed E-state index contributed by atoms with van der Waals surface area (Å²) in [7, 11) is 0. The molecule has 27 heavy (non-hydrogen) atoms. The number of non-ortho nitro benzene ring substituents is 1. The Kier molecular flexibility index (Phi) is 5.38. The van der Waals surface area contributed by atoms with E-state index in [1.165, 1.54) is 6.07 Å². The molecule has 3 rings (SSSR count). The van der Waals surface area contributed by atoms with Crippen LogP contribution in [0.25, 0.3) is 11.5 Å². The Balaban J connectivity index is 1.82. The summed E-state index contributed by atoms with van der Waals surface area (Å²) in [6.07, 6.45) is 0. The molecule has 0 amide bonds. The maximum absolute atomic E-state index is 11.1. The summed E-state index contributed by atoms with van der Waals surface area (Å²) in [6.45, 7) is 1.55. The minimum atomic E-state index is -0.661. The lowest BCUT2D eigenvalue weighted by Gasteiger charge is -2.05. The van der Waals surface area contributed by atoms with Gasteiger partial charge in [-0.3, -0.25) is 20.2 Å². The number of nitro benzene ring substituents is 2. The fourth-order valence-electron chi connectivity index (χ4n) is 2.30.